The fourth-order valence-corrected chi connectivity index (χ4v) is 2.85. The van der Waals surface area contributed by atoms with Crippen LogP contribution in [0.5, 0.6) is 0 Å². The first-order valence-corrected chi connectivity index (χ1v) is 7.58. The molecule has 0 aliphatic heterocycles. The molecule has 0 saturated heterocycles. The first kappa shape index (κ1) is 15.4. The average molecular weight is 283 g/mol. The number of aromatic nitrogens is 2. The maximum Gasteiger partial charge on any atom is 0.255 e. The first-order chi connectivity index (χ1) is 9.72. The Morgan fingerprint density at radius 3 is 2.65 bits per heavy atom. The van der Waals surface area contributed by atoms with Gasteiger partial charge in [-0.2, -0.15) is 4.98 Å². The lowest BCUT2D eigenvalue weighted by Gasteiger charge is -2.29. The van der Waals surface area contributed by atoms with Gasteiger partial charge in [-0.3, -0.25) is 0 Å². The van der Waals surface area contributed by atoms with Crippen LogP contribution in [0, 0.1) is 0 Å². The zero-order valence-corrected chi connectivity index (χ0v) is 12.2. The monoisotopic (exact) mass is 283 g/mol. The van der Waals surface area contributed by atoms with Gasteiger partial charge in [-0.05, 0) is 32.7 Å². The Morgan fingerprint density at radius 1 is 1.35 bits per heavy atom. The lowest BCUT2D eigenvalue weighted by Crippen LogP contribution is -2.31. The second-order valence-electron chi connectivity index (χ2n) is 5.39. The Kier molecular flexibility index (Phi) is 5.51. The van der Waals surface area contributed by atoms with E-state index >= 15 is 0 Å². The summed E-state index contributed by atoms with van der Waals surface area (Å²) in [6.07, 6.45) is 6.10. The summed E-state index contributed by atoms with van der Waals surface area (Å²) in [6.45, 7) is 2.99. The number of aliphatic hydroxyl groups excluding tert-OH is 1. The Labute approximate surface area is 119 Å². The molecule has 0 aromatic carbocycles. The van der Waals surface area contributed by atoms with Gasteiger partial charge in [0.2, 0.25) is 5.82 Å². The Balaban J connectivity index is 2.20. The summed E-state index contributed by atoms with van der Waals surface area (Å²) < 4.78 is 11.2. The zero-order chi connectivity index (χ0) is 14.4. The van der Waals surface area contributed by atoms with Crippen LogP contribution in [0.15, 0.2) is 4.52 Å². The van der Waals surface area contributed by atoms with Crippen molar-refractivity contribution >= 4 is 0 Å². The van der Waals surface area contributed by atoms with Gasteiger partial charge in [-0.1, -0.05) is 30.8 Å². The van der Waals surface area contributed by atoms with E-state index in [1.807, 2.05) is 6.92 Å². The molecule has 0 bridgehead atoms. The fraction of sp³-hybridized carbons (Fsp3) is 0.857. The van der Waals surface area contributed by atoms with Crippen molar-refractivity contribution < 1.29 is 14.4 Å². The molecule has 1 fully saturated rings. The van der Waals surface area contributed by atoms with E-state index < -0.39 is 11.7 Å². The summed E-state index contributed by atoms with van der Waals surface area (Å²) >= 11 is 0. The van der Waals surface area contributed by atoms with Crippen LogP contribution in [0.2, 0.25) is 0 Å². The van der Waals surface area contributed by atoms with Crippen molar-refractivity contribution in [2.24, 2.45) is 5.73 Å². The molecule has 1 aliphatic carbocycles. The number of aliphatic hydroxyl groups is 1. The molecule has 3 N–H and O–H groups in total. The summed E-state index contributed by atoms with van der Waals surface area (Å²) in [7, 11) is 0. The van der Waals surface area contributed by atoms with Gasteiger partial charge < -0.3 is 20.1 Å². The number of ether oxygens (including phenoxy) is 1. The molecular weight excluding hydrogens is 258 g/mol. The van der Waals surface area contributed by atoms with Crippen molar-refractivity contribution in [3.8, 4) is 0 Å². The van der Waals surface area contributed by atoms with Crippen molar-refractivity contribution in [2.75, 3.05) is 13.2 Å². The van der Waals surface area contributed by atoms with Gasteiger partial charge in [0.1, 0.15) is 11.7 Å². The molecule has 1 aliphatic rings. The topological polar surface area (TPSA) is 94.4 Å². The van der Waals surface area contributed by atoms with E-state index in [0.29, 0.717) is 25.4 Å². The lowest BCUT2D eigenvalue weighted by atomic mass is 9.93. The number of nitrogens with zero attached hydrogens (tertiary/aromatic N) is 2. The first-order valence-electron chi connectivity index (χ1n) is 7.58. The van der Waals surface area contributed by atoms with Crippen LogP contribution in [0.3, 0.4) is 0 Å². The van der Waals surface area contributed by atoms with Crippen molar-refractivity contribution in [3.05, 3.63) is 11.7 Å². The fourth-order valence-electron chi connectivity index (χ4n) is 2.85. The maximum atomic E-state index is 9.88. The number of nitrogens with two attached hydrogens (primary N) is 1. The summed E-state index contributed by atoms with van der Waals surface area (Å²) in [5, 5.41) is 13.9. The summed E-state index contributed by atoms with van der Waals surface area (Å²) in [6, 6.07) is 0. The zero-order valence-electron chi connectivity index (χ0n) is 12.2. The lowest BCUT2D eigenvalue weighted by molar-refractivity contribution is -0.0636. The van der Waals surface area contributed by atoms with Crippen LogP contribution in [-0.2, 0) is 10.3 Å². The van der Waals surface area contributed by atoms with Crippen LogP contribution < -0.4 is 5.73 Å². The third kappa shape index (κ3) is 3.37. The number of hydrogen-bond donors (Lipinski definition) is 2. The van der Waals surface area contributed by atoms with Gasteiger partial charge in [0, 0.05) is 6.61 Å². The Morgan fingerprint density at radius 2 is 2.05 bits per heavy atom. The van der Waals surface area contributed by atoms with E-state index in [9.17, 15) is 5.11 Å². The van der Waals surface area contributed by atoms with Gasteiger partial charge in [-0.25, -0.2) is 0 Å². The molecule has 6 heteroatoms. The molecule has 0 radical (unpaired) electrons. The Bertz CT molecular complexity index is 400. The van der Waals surface area contributed by atoms with Gasteiger partial charge in [0.05, 0.1) is 0 Å². The highest BCUT2D eigenvalue weighted by Gasteiger charge is 2.38. The van der Waals surface area contributed by atoms with E-state index in [1.165, 1.54) is 12.8 Å². The minimum atomic E-state index is -0.786. The van der Waals surface area contributed by atoms with Crippen LogP contribution in [0.25, 0.3) is 0 Å². The predicted molar refractivity (Wildman–Crippen MR) is 73.9 cm³/mol. The van der Waals surface area contributed by atoms with Crippen molar-refractivity contribution in [1.29, 1.82) is 0 Å². The van der Waals surface area contributed by atoms with Crippen molar-refractivity contribution in [2.45, 2.75) is 63.6 Å². The molecule has 0 amide bonds. The van der Waals surface area contributed by atoms with E-state index in [4.69, 9.17) is 15.0 Å². The molecule has 1 aromatic rings. The van der Waals surface area contributed by atoms with Gasteiger partial charge in [0.15, 0.2) is 0 Å². The highest BCUT2D eigenvalue weighted by atomic mass is 16.5. The minimum absolute atomic E-state index is 0.244. The van der Waals surface area contributed by atoms with E-state index in [1.54, 1.807) is 0 Å². The molecule has 6 nitrogen and oxygen atoms in total. The maximum absolute atomic E-state index is 9.88. The Hall–Kier alpha value is -0.980. The third-order valence-electron chi connectivity index (χ3n) is 3.91. The smallest absolute Gasteiger partial charge is 0.255 e. The molecule has 1 atom stereocenters. The number of hydrogen-bond acceptors (Lipinski definition) is 6. The largest absolute Gasteiger partial charge is 0.383 e. The van der Waals surface area contributed by atoms with Crippen LogP contribution in [-0.4, -0.2) is 28.4 Å². The molecule has 114 valence electrons. The summed E-state index contributed by atoms with van der Waals surface area (Å²) in [4.78, 5) is 4.38. The van der Waals surface area contributed by atoms with Crippen molar-refractivity contribution in [1.82, 2.24) is 10.1 Å². The van der Waals surface area contributed by atoms with Gasteiger partial charge in [-0.15, -0.1) is 0 Å². The normalized spacial score (nSPS) is 20.6. The standard InChI is InChI=1S/C14H25N3O3/c1-2-19-14(8-5-3-4-6-9-14)13-16-12(20-17-13)11(18)7-10-15/h11,18H,2-10,15H2,1H3. The van der Waals surface area contributed by atoms with E-state index in [0.717, 1.165) is 25.7 Å². The van der Waals surface area contributed by atoms with Crippen LogP contribution in [0.4, 0.5) is 0 Å². The quantitative estimate of drug-likeness (QED) is 0.776. The molecule has 1 saturated carbocycles. The molecule has 1 heterocycles. The van der Waals surface area contributed by atoms with E-state index in [-0.39, 0.29) is 5.89 Å². The highest BCUT2D eigenvalue weighted by molar-refractivity contribution is 5.03. The summed E-state index contributed by atoms with van der Waals surface area (Å²) in [5.74, 6) is 0.820. The third-order valence-corrected chi connectivity index (χ3v) is 3.91. The molecule has 0 spiro atoms. The average Bonchev–Trinajstić information content (AvgIpc) is 2.82. The molecular formula is C14H25N3O3. The van der Waals surface area contributed by atoms with Crippen LogP contribution in [0.1, 0.15) is 69.7 Å². The second-order valence-corrected chi connectivity index (χ2v) is 5.39. The van der Waals surface area contributed by atoms with Crippen molar-refractivity contribution in [3.63, 3.8) is 0 Å². The van der Waals surface area contributed by atoms with Crippen LogP contribution >= 0.6 is 0 Å². The SMILES string of the molecule is CCOC1(c2noc(C(O)CCN)n2)CCCCCC1. The number of rotatable bonds is 6. The molecule has 2 rings (SSSR count). The minimum Gasteiger partial charge on any atom is -0.383 e. The van der Waals surface area contributed by atoms with E-state index in [2.05, 4.69) is 10.1 Å². The predicted octanol–water partition coefficient (Wildman–Crippen LogP) is 2.04. The van der Waals surface area contributed by atoms with Gasteiger partial charge in [0.25, 0.3) is 5.89 Å². The van der Waals surface area contributed by atoms with Gasteiger partial charge >= 0.3 is 0 Å². The molecule has 20 heavy (non-hydrogen) atoms. The summed E-state index contributed by atoms with van der Waals surface area (Å²) in [5.41, 5.74) is 4.99. The second kappa shape index (κ2) is 7.15. The molecule has 1 unspecified atom stereocenters. The highest BCUT2D eigenvalue weighted by Crippen LogP contribution is 2.38. The molecule has 1 aromatic heterocycles.